The van der Waals surface area contributed by atoms with Crippen LogP contribution < -0.4 is 10.2 Å². The van der Waals surface area contributed by atoms with E-state index in [1.165, 1.54) is 5.56 Å². The molecule has 0 aliphatic carbocycles. The number of benzene rings is 1. The van der Waals surface area contributed by atoms with Crippen molar-refractivity contribution in [3.05, 3.63) is 35.9 Å². The second-order valence-electron chi connectivity index (χ2n) is 5.25. The van der Waals surface area contributed by atoms with Crippen LogP contribution in [-0.4, -0.2) is 36.8 Å². The quantitative estimate of drug-likeness (QED) is 0.847. The Labute approximate surface area is 120 Å². The number of nitrogens with one attached hydrogen (secondary N) is 1. The number of aliphatic hydroxyl groups is 1. The predicted molar refractivity (Wildman–Crippen MR) is 84.1 cm³/mol. The van der Waals surface area contributed by atoms with Gasteiger partial charge in [0.2, 0.25) is 0 Å². The molecule has 2 aromatic rings. The molecule has 0 saturated heterocycles. The number of pyridine rings is 1. The Morgan fingerprint density at radius 3 is 2.80 bits per heavy atom. The molecule has 0 aliphatic heterocycles. The Morgan fingerprint density at radius 1 is 1.35 bits per heavy atom. The molecule has 4 nitrogen and oxygen atoms in total. The Morgan fingerprint density at radius 2 is 2.10 bits per heavy atom. The summed E-state index contributed by atoms with van der Waals surface area (Å²) < 4.78 is 0. The van der Waals surface area contributed by atoms with Crippen molar-refractivity contribution < 1.29 is 5.11 Å². The van der Waals surface area contributed by atoms with Gasteiger partial charge < -0.3 is 15.3 Å². The largest absolute Gasteiger partial charge is 0.393 e. The third kappa shape index (κ3) is 3.46. The number of nitrogens with zero attached hydrogens (tertiary/aromatic N) is 2. The number of aromatic nitrogens is 1. The molecule has 1 aromatic carbocycles. The van der Waals surface area contributed by atoms with Gasteiger partial charge in [0.05, 0.1) is 11.6 Å². The van der Waals surface area contributed by atoms with E-state index in [1.54, 1.807) is 0 Å². The van der Waals surface area contributed by atoms with Gasteiger partial charge in [0, 0.05) is 31.1 Å². The maximum absolute atomic E-state index is 9.43. The standard InChI is InChI=1S/C16H23N3O/c1-12(20)8-9-19(3)16-14(11-17-2)10-13-6-4-5-7-15(13)18-16/h4-7,10,12,17,20H,8-9,11H2,1-3H3. The van der Waals surface area contributed by atoms with Crippen LogP contribution in [0, 0.1) is 0 Å². The first kappa shape index (κ1) is 14.8. The van der Waals surface area contributed by atoms with Gasteiger partial charge in [0.1, 0.15) is 5.82 Å². The number of fused-ring (bicyclic) bond motifs is 1. The molecule has 1 heterocycles. The molecule has 0 saturated carbocycles. The van der Waals surface area contributed by atoms with E-state index in [0.717, 1.165) is 36.2 Å². The summed E-state index contributed by atoms with van der Waals surface area (Å²) >= 11 is 0. The normalized spacial score (nSPS) is 12.6. The van der Waals surface area contributed by atoms with E-state index in [-0.39, 0.29) is 6.10 Å². The van der Waals surface area contributed by atoms with Crippen LogP contribution in [0.3, 0.4) is 0 Å². The summed E-state index contributed by atoms with van der Waals surface area (Å²) in [5.74, 6) is 0.985. The maximum atomic E-state index is 9.43. The van der Waals surface area contributed by atoms with Gasteiger partial charge in [-0.2, -0.15) is 0 Å². The zero-order valence-corrected chi connectivity index (χ0v) is 12.4. The Balaban J connectivity index is 2.35. The highest BCUT2D eigenvalue weighted by Gasteiger charge is 2.11. The predicted octanol–water partition coefficient (Wildman–Crippen LogP) is 2.16. The van der Waals surface area contributed by atoms with Crippen molar-refractivity contribution in [2.45, 2.75) is 26.0 Å². The second-order valence-corrected chi connectivity index (χ2v) is 5.25. The highest BCUT2D eigenvalue weighted by molar-refractivity contribution is 5.81. The summed E-state index contributed by atoms with van der Waals surface area (Å²) in [5, 5.41) is 13.8. The smallest absolute Gasteiger partial charge is 0.133 e. The van der Waals surface area contributed by atoms with Crippen molar-refractivity contribution in [3.63, 3.8) is 0 Å². The number of rotatable bonds is 6. The number of hydrogen-bond donors (Lipinski definition) is 2. The minimum absolute atomic E-state index is 0.286. The third-order valence-electron chi connectivity index (χ3n) is 3.39. The monoisotopic (exact) mass is 273 g/mol. The second kappa shape index (κ2) is 6.68. The number of anilines is 1. The molecule has 108 valence electrons. The van der Waals surface area contributed by atoms with Crippen LogP contribution in [0.15, 0.2) is 30.3 Å². The Kier molecular flexibility index (Phi) is 4.93. The van der Waals surface area contributed by atoms with Crippen LogP contribution in [0.4, 0.5) is 5.82 Å². The van der Waals surface area contributed by atoms with Crippen LogP contribution in [0.25, 0.3) is 10.9 Å². The van der Waals surface area contributed by atoms with Gasteiger partial charge >= 0.3 is 0 Å². The summed E-state index contributed by atoms with van der Waals surface area (Å²) in [4.78, 5) is 6.89. The van der Waals surface area contributed by atoms with E-state index < -0.39 is 0 Å². The average Bonchev–Trinajstić information content (AvgIpc) is 2.44. The van der Waals surface area contributed by atoms with Crippen molar-refractivity contribution in [2.24, 2.45) is 0 Å². The summed E-state index contributed by atoms with van der Waals surface area (Å²) in [5.41, 5.74) is 2.19. The van der Waals surface area contributed by atoms with Crippen LogP contribution in [0.2, 0.25) is 0 Å². The molecular formula is C16H23N3O. The van der Waals surface area contributed by atoms with Crippen molar-refractivity contribution in [3.8, 4) is 0 Å². The first-order valence-corrected chi connectivity index (χ1v) is 7.04. The zero-order valence-electron chi connectivity index (χ0n) is 12.4. The number of aliphatic hydroxyl groups excluding tert-OH is 1. The molecule has 20 heavy (non-hydrogen) atoms. The lowest BCUT2D eigenvalue weighted by molar-refractivity contribution is 0.187. The van der Waals surface area contributed by atoms with E-state index in [4.69, 9.17) is 4.98 Å². The van der Waals surface area contributed by atoms with Gasteiger partial charge in [-0.1, -0.05) is 18.2 Å². The Bertz CT molecular complexity index is 569. The molecule has 1 atom stereocenters. The molecule has 2 rings (SSSR count). The highest BCUT2D eigenvalue weighted by atomic mass is 16.3. The molecule has 2 N–H and O–H groups in total. The topological polar surface area (TPSA) is 48.4 Å². The van der Waals surface area contributed by atoms with E-state index >= 15 is 0 Å². The van der Waals surface area contributed by atoms with E-state index in [2.05, 4.69) is 22.3 Å². The molecule has 0 aliphatic rings. The van der Waals surface area contributed by atoms with E-state index in [9.17, 15) is 5.11 Å². The molecule has 1 unspecified atom stereocenters. The van der Waals surface area contributed by atoms with Gasteiger partial charge in [0.25, 0.3) is 0 Å². The van der Waals surface area contributed by atoms with Crippen LogP contribution in [-0.2, 0) is 6.54 Å². The fraction of sp³-hybridized carbons (Fsp3) is 0.438. The molecule has 0 fully saturated rings. The van der Waals surface area contributed by atoms with Gasteiger partial charge in [-0.15, -0.1) is 0 Å². The fourth-order valence-electron chi connectivity index (χ4n) is 2.29. The molecule has 0 bridgehead atoms. The lowest BCUT2D eigenvalue weighted by atomic mass is 10.1. The van der Waals surface area contributed by atoms with Crippen molar-refractivity contribution in [2.75, 3.05) is 25.5 Å². The summed E-state index contributed by atoms with van der Waals surface area (Å²) in [6, 6.07) is 10.3. The van der Waals surface area contributed by atoms with Crippen molar-refractivity contribution >= 4 is 16.7 Å². The highest BCUT2D eigenvalue weighted by Crippen LogP contribution is 2.23. The first-order chi connectivity index (χ1) is 9.61. The van der Waals surface area contributed by atoms with Gasteiger partial charge in [0.15, 0.2) is 0 Å². The summed E-state index contributed by atoms with van der Waals surface area (Å²) in [7, 11) is 3.97. The van der Waals surface area contributed by atoms with Crippen molar-refractivity contribution in [1.82, 2.24) is 10.3 Å². The molecule has 4 heteroatoms. The minimum atomic E-state index is -0.286. The van der Waals surface area contributed by atoms with Gasteiger partial charge in [-0.05, 0) is 32.5 Å². The lowest BCUT2D eigenvalue weighted by Gasteiger charge is -2.22. The first-order valence-electron chi connectivity index (χ1n) is 7.04. The van der Waals surface area contributed by atoms with Crippen LogP contribution in [0.1, 0.15) is 18.9 Å². The fourth-order valence-corrected chi connectivity index (χ4v) is 2.29. The molecular weight excluding hydrogens is 250 g/mol. The molecule has 0 radical (unpaired) electrons. The van der Waals surface area contributed by atoms with E-state index in [1.807, 2.05) is 39.2 Å². The minimum Gasteiger partial charge on any atom is -0.393 e. The lowest BCUT2D eigenvalue weighted by Crippen LogP contribution is -2.25. The summed E-state index contributed by atoms with van der Waals surface area (Å²) in [6.45, 7) is 3.39. The summed E-state index contributed by atoms with van der Waals surface area (Å²) in [6.07, 6.45) is 0.454. The third-order valence-corrected chi connectivity index (χ3v) is 3.39. The SMILES string of the molecule is CNCc1cc2ccccc2nc1N(C)CCC(C)O. The van der Waals surface area contributed by atoms with E-state index in [0.29, 0.717) is 0 Å². The number of hydrogen-bond acceptors (Lipinski definition) is 4. The van der Waals surface area contributed by atoms with Crippen LogP contribution >= 0.6 is 0 Å². The van der Waals surface area contributed by atoms with Gasteiger partial charge in [-0.3, -0.25) is 0 Å². The molecule has 0 spiro atoms. The Hall–Kier alpha value is -1.65. The molecule has 0 amide bonds. The number of para-hydroxylation sites is 1. The maximum Gasteiger partial charge on any atom is 0.133 e. The van der Waals surface area contributed by atoms with Gasteiger partial charge in [-0.25, -0.2) is 4.98 Å². The zero-order chi connectivity index (χ0) is 14.5. The molecule has 1 aromatic heterocycles. The van der Waals surface area contributed by atoms with Crippen molar-refractivity contribution in [1.29, 1.82) is 0 Å². The van der Waals surface area contributed by atoms with Crippen LogP contribution in [0.5, 0.6) is 0 Å². The average molecular weight is 273 g/mol.